The van der Waals surface area contributed by atoms with Crippen LogP contribution in [0, 0.1) is 0 Å². The van der Waals surface area contributed by atoms with E-state index in [-0.39, 0.29) is 10.8 Å². The maximum absolute atomic E-state index is 2.58. The van der Waals surface area contributed by atoms with Gasteiger partial charge in [-0.2, -0.15) is 0 Å². The van der Waals surface area contributed by atoms with Gasteiger partial charge in [0.05, 0.1) is 44.5 Å². The fourth-order valence-electron chi connectivity index (χ4n) is 11.0. The largest absolute Gasteiger partial charge is 0.310 e. The van der Waals surface area contributed by atoms with E-state index in [9.17, 15) is 0 Å². The van der Waals surface area contributed by atoms with Gasteiger partial charge >= 0.3 is 0 Å². The smallest absolute Gasteiger partial charge is 0.0641 e. The molecule has 0 saturated carbocycles. The van der Waals surface area contributed by atoms with Crippen LogP contribution in [0.1, 0.15) is 52.7 Å². The van der Waals surface area contributed by atoms with Crippen LogP contribution < -0.4 is 9.80 Å². The second-order valence-corrected chi connectivity index (χ2v) is 20.2. The van der Waals surface area contributed by atoms with Crippen LogP contribution in [0.3, 0.4) is 0 Å². The minimum absolute atomic E-state index is 0.00794. The van der Waals surface area contributed by atoms with Gasteiger partial charge in [0.2, 0.25) is 0 Å². The number of hydrogen-bond acceptors (Lipinski definition) is 2. The Hall–Kier alpha value is -7.82. The van der Waals surface area contributed by atoms with Gasteiger partial charge in [-0.1, -0.05) is 139 Å². The Morgan fingerprint density at radius 1 is 0.303 bits per heavy atom. The van der Waals surface area contributed by atoms with Gasteiger partial charge in [0.25, 0.3) is 0 Å². The first kappa shape index (κ1) is 38.6. The second kappa shape index (κ2) is 13.8. The highest BCUT2D eigenvalue weighted by Crippen LogP contribution is 2.52. The van der Waals surface area contributed by atoms with Gasteiger partial charge in [-0.05, 0) is 119 Å². The van der Waals surface area contributed by atoms with Crippen molar-refractivity contribution in [3.63, 3.8) is 0 Å². The number of fused-ring (bicyclic) bond motifs is 12. The molecule has 0 N–H and O–H groups in total. The number of aromatic nitrogens is 2. The predicted octanol–water partition coefficient (Wildman–Crippen LogP) is 17.5. The van der Waals surface area contributed by atoms with Crippen LogP contribution in [0.25, 0.3) is 76.2 Å². The molecule has 0 aliphatic rings. The first-order valence-corrected chi connectivity index (χ1v) is 23.3. The Bertz CT molecular complexity index is 3640. The number of anilines is 6. The van der Waals surface area contributed by atoms with Gasteiger partial charge in [0.1, 0.15) is 0 Å². The highest BCUT2D eigenvalue weighted by Gasteiger charge is 2.29. The van der Waals surface area contributed by atoms with E-state index < -0.39 is 0 Å². The molecule has 0 aliphatic heterocycles. The van der Waals surface area contributed by atoms with Crippen LogP contribution in [0.2, 0.25) is 0 Å². The van der Waals surface area contributed by atoms with Crippen LogP contribution in [-0.2, 0) is 10.8 Å². The molecule has 0 aliphatic carbocycles. The zero-order valence-corrected chi connectivity index (χ0v) is 38.3. The molecule has 66 heavy (non-hydrogen) atoms. The summed E-state index contributed by atoms with van der Waals surface area (Å²) in [4.78, 5) is 4.89. The van der Waals surface area contributed by atoms with E-state index in [2.05, 4.69) is 254 Å². The Morgan fingerprint density at radius 2 is 0.636 bits per heavy atom. The average molecular weight is 851 g/mol. The summed E-state index contributed by atoms with van der Waals surface area (Å²) in [5, 5.41) is 10.1. The Kier molecular flexibility index (Phi) is 8.10. The van der Waals surface area contributed by atoms with Gasteiger partial charge in [-0.3, -0.25) is 0 Å². The number of para-hydroxylation sites is 4. The first-order chi connectivity index (χ1) is 32.0. The summed E-state index contributed by atoms with van der Waals surface area (Å²) in [6, 6.07) is 72.3. The Balaban J connectivity index is 1.23. The van der Waals surface area contributed by atoms with Gasteiger partial charge in [-0.25, -0.2) is 0 Å². The molecule has 0 amide bonds. The fourth-order valence-corrected chi connectivity index (χ4v) is 11.0. The molecule has 13 rings (SSSR count). The zero-order chi connectivity index (χ0) is 44.6. The molecule has 9 aromatic carbocycles. The van der Waals surface area contributed by atoms with Crippen molar-refractivity contribution in [3.05, 3.63) is 205 Å². The van der Waals surface area contributed by atoms with Crippen molar-refractivity contribution >= 4 is 110 Å². The average Bonchev–Trinajstić information content (AvgIpc) is 4.05. The van der Waals surface area contributed by atoms with Gasteiger partial charge < -0.3 is 18.6 Å². The summed E-state index contributed by atoms with van der Waals surface area (Å²) in [5.74, 6) is 0. The van der Waals surface area contributed by atoms with Gasteiger partial charge in [0, 0.05) is 65.8 Å². The molecule has 0 unspecified atom stereocenters. The molecule has 0 fully saturated rings. The molecule has 0 atom stereocenters. The molecular weight excluding hydrogens is 801 g/mol. The van der Waals surface area contributed by atoms with E-state index >= 15 is 0 Å². The molecule has 4 heteroatoms. The summed E-state index contributed by atoms with van der Waals surface area (Å²) in [5.41, 5.74) is 16.9. The summed E-state index contributed by atoms with van der Waals surface area (Å²) in [7, 11) is 0. The minimum atomic E-state index is 0.00794. The number of rotatable bonds is 6. The topological polar surface area (TPSA) is 15.3 Å². The van der Waals surface area contributed by atoms with Crippen molar-refractivity contribution in [2.45, 2.75) is 52.4 Å². The monoisotopic (exact) mass is 850 g/mol. The third kappa shape index (κ3) is 5.51. The number of nitrogens with zero attached hydrogens (tertiary/aromatic N) is 4. The number of hydrogen-bond donors (Lipinski definition) is 0. The summed E-state index contributed by atoms with van der Waals surface area (Å²) >= 11 is 0. The lowest BCUT2D eigenvalue weighted by Crippen LogP contribution is -2.10. The maximum atomic E-state index is 2.58. The quantitative estimate of drug-likeness (QED) is 0.166. The van der Waals surface area contributed by atoms with Crippen molar-refractivity contribution in [3.8, 4) is 0 Å². The molecular formula is C62H50N4. The molecule has 4 heterocycles. The van der Waals surface area contributed by atoms with Gasteiger partial charge in [0.15, 0.2) is 0 Å². The van der Waals surface area contributed by atoms with Crippen LogP contribution in [0.5, 0.6) is 0 Å². The zero-order valence-electron chi connectivity index (χ0n) is 38.3. The Morgan fingerprint density at radius 3 is 0.955 bits per heavy atom. The lowest BCUT2D eigenvalue weighted by atomic mass is 9.86. The molecule has 318 valence electrons. The summed E-state index contributed by atoms with van der Waals surface area (Å²) in [6.45, 7) is 13.9. The van der Waals surface area contributed by atoms with E-state index in [1.807, 2.05) is 0 Å². The van der Waals surface area contributed by atoms with Gasteiger partial charge in [-0.15, -0.1) is 0 Å². The normalized spacial score (nSPS) is 12.7. The van der Waals surface area contributed by atoms with Crippen molar-refractivity contribution in [2.24, 2.45) is 0 Å². The Labute approximate surface area is 384 Å². The highest BCUT2D eigenvalue weighted by molar-refractivity contribution is 6.33. The van der Waals surface area contributed by atoms with E-state index in [0.29, 0.717) is 0 Å². The highest BCUT2D eigenvalue weighted by atomic mass is 15.2. The molecule has 0 saturated heterocycles. The summed E-state index contributed by atoms with van der Waals surface area (Å²) in [6.07, 6.45) is 0. The fraction of sp³-hybridized carbons (Fsp3) is 0.129. The van der Waals surface area contributed by atoms with Crippen LogP contribution in [0.15, 0.2) is 194 Å². The van der Waals surface area contributed by atoms with E-state index in [0.717, 1.165) is 34.1 Å². The van der Waals surface area contributed by atoms with Crippen molar-refractivity contribution in [1.29, 1.82) is 0 Å². The van der Waals surface area contributed by atoms with Crippen LogP contribution in [0.4, 0.5) is 34.1 Å². The number of benzene rings is 9. The molecule has 4 nitrogen and oxygen atoms in total. The van der Waals surface area contributed by atoms with E-state index in [1.165, 1.54) is 87.3 Å². The van der Waals surface area contributed by atoms with E-state index in [4.69, 9.17) is 0 Å². The van der Waals surface area contributed by atoms with Crippen molar-refractivity contribution in [1.82, 2.24) is 8.80 Å². The predicted molar refractivity (Wildman–Crippen MR) is 283 cm³/mol. The van der Waals surface area contributed by atoms with Crippen LogP contribution in [-0.4, -0.2) is 8.80 Å². The maximum Gasteiger partial charge on any atom is 0.0641 e. The lowest BCUT2D eigenvalue weighted by molar-refractivity contribution is 0.591. The van der Waals surface area contributed by atoms with E-state index in [1.54, 1.807) is 0 Å². The second-order valence-electron chi connectivity index (χ2n) is 20.2. The SMILES string of the molecule is CC(C)(C)c1ccc2c(c1)c1ccc(N(c3ccccc3)c3ccccc3)c3c4cc5c(cc4n2c13)c1c(N(c2ccccc2)c2ccccc2)ccc2c3cc(C(C)(C)C)ccc3n5c21. The molecule has 13 aromatic rings. The van der Waals surface area contributed by atoms with Crippen LogP contribution >= 0.6 is 0 Å². The summed E-state index contributed by atoms with van der Waals surface area (Å²) < 4.78 is 5.15. The first-order valence-electron chi connectivity index (χ1n) is 23.3. The molecule has 0 radical (unpaired) electrons. The minimum Gasteiger partial charge on any atom is -0.310 e. The molecule has 0 bridgehead atoms. The van der Waals surface area contributed by atoms with Crippen molar-refractivity contribution in [2.75, 3.05) is 9.80 Å². The lowest BCUT2D eigenvalue weighted by Gasteiger charge is -2.26. The third-order valence-corrected chi connectivity index (χ3v) is 14.2. The molecule has 0 spiro atoms. The third-order valence-electron chi connectivity index (χ3n) is 14.2. The molecule has 4 aromatic heterocycles. The van der Waals surface area contributed by atoms with Crippen molar-refractivity contribution < 1.29 is 0 Å². The standard InChI is InChI=1S/C62H50N4/c1-61(2,3)39-27-31-51-47(35-39)45-29-33-53(63(41-19-11-7-12-20-41)42-21-13-8-14-22-42)57-49-38-56-50(37-55(49)65(51)59(45)57)58-54(64(43-23-15-9-16-24-43)44-25-17-10-18-26-44)34-30-46-48-36-40(62(4,5)6)28-32-52(48)66(56)60(46)58/h7-38H,1-6H3.